The Balaban J connectivity index is 1.48. The van der Waals surface area contributed by atoms with E-state index in [2.05, 4.69) is 15.7 Å². The van der Waals surface area contributed by atoms with Gasteiger partial charge in [0.05, 0.1) is 12.8 Å². The first-order valence-corrected chi connectivity index (χ1v) is 10.9. The molecule has 0 radical (unpaired) electrons. The van der Waals surface area contributed by atoms with Crippen LogP contribution in [-0.2, 0) is 29.4 Å². The van der Waals surface area contributed by atoms with Gasteiger partial charge in [-0.2, -0.15) is 16.9 Å². The highest BCUT2D eigenvalue weighted by Crippen LogP contribution is 2.35. The lowest BCUT2D eigenvalue weighted by Crippen LogP contribution is -2.29. The van der Waals surface area contributed by atoms with Gasteiger partial charge in [-0.1, -0.05) is 18.2 Å². The third-order valence-electron chi connectivity index (χ3n) is 4.98. The Hall–Kier alpha value is -3.40. The van der Waals surface area contributed by atoms with E-state index in [1.54, 1.807) is 31.0 Å². The van der Waals surface area contributed by atoms with E-state index >= 15 is 0 Å². The van der Waals surface area contributed by atoms with E-state index in [0.29, 0.717) is 18.1 Å². The number of hydrogen-bond donors (Lipinski definition) is 2. The summed E-state index contributed by atoms with van der Waals surface area (Å²) in [6.07, 6.45) is 0. The number of thioether (sulfide) groups is 1. The number of nitrogens with one attached hydrogen (secondary N) is 2. The van der Waals surface area contributed by atoms with Crippen LogP contribution in [0.1, 0.15) is 27.2 Å². The number of methoxy groups -OCH3 is 1. The van der Waals surface area contributed by atoms with Crippen LogP contribution in [0.3, 0.4) is 0 Å². The van der Waals surface area contributed by atoms with Crippen LogP contribution in [-0.4, -0.2) is 28.7 Å². The number of amides is 2. The summed E-state index contributed by atoms with van der Waals surface area (Å²) >= 11 is 1.60. The molecular weight excluding hydrogens is 438 g/mol. The highest BCUT2D eigenvalue weighted by atomic mass is 32.2. The maximum atomic E-state index is 14.0. The van der Waals surface area contributed by atoms with Crippen molar-refractivity contribution in [3.8, 4) is 5.75 Å². The molecule has 0 aliphatic carbocycles. The maximum absolute atomic E-state index is 14.0. The van der Waals surface area contributed by atoms with Crippen molar-refractivity contribution in [1.82, 2.24) is 15.1 Å². The molecule has 3 aromatic rings. The van der Waals surface area contributed by atoms with E-state index in [0.717, 1.165) is 34.7 Å². The summed E-state index contributed by atoms with van der Waals surface area (Å²) in [6, 6.07) is 10.5. The van der Waals surface area contributed by atoms with Crippen LogP contribution in [0.4, 0.5) is 14.6 Å². The van der Waals surface area contributed by atoms with Crippen molar-refractivity contribution in [3.05, 3.63) is 76.5 Å². The summed E-state index contributed by atoms with van der Waals surface area (Å²) in [5.74, 6) is -0.964. The minimum Gasteiger partial charge on any atom is -0.497 e. The van der Waals surface area contributed by atoms with Gasteiger partial charge in [0.1, 0.15) is 35.3 Å². The SMILES string of the molecule is COc1ccc(CNC(=O)Cn2nc3c(c2NC(=O)c2c(F)cccc2F)CSC3)cc1. The van der Waals surface area contributed by atoms with Gasteiger partial charge >= 0.3 is 0 Å². The van der Waals surface area contributed by atoms with Gasteiger partial charge < -0.3 is 15.4 Å². The number of halogens is 2. The second-order valence-corrected chi connectivity index (χ2v) is 8.09. The zero-order valence-corrected chi connectivity index (χ0v) is 18.0. The molecule has 0 atom stereocenters. The molecule has 10 heteroatoms. The fraction of sp³-hybridized carbons (Fsp3) is 0.227. The molecule has 0 unspecified atom stereocenters. The Bertz CT molecular complexity index is 1140. The van der Waals surface area contributed by atoms with Gasteiger partial charge in [0, 0.05) is 23.6 Å². The van der Waals surface area contributed by atoms with Crippen LogP contribution >= 0.6 is 11.8 Å². The summed E-state index contributed by atoms with van der Waals surface area (Å²) in [5.41, 5.74) is 1.70. The number of benzene rings is 2. The first kappa shape index (κ1) is 21.8. The standard InChI is InChI=1S/C22H20F2N4O3S/c1-31-14-7-5-13(6-8-14)9-25-19(29)10-28-21(15-11-32-12-18(15)27-28)26-22(30)20-16(23)3-2-4-17(20)24/h2-8H,9-12H2,1H3,(H,25,29)(H,26,30). The molecule has 4 rings (SSSR count). The smallest absolute Gasteiger partial charge is 0.262 e. The van der Waals surface area contributed by atoms with Gasteiger partial charge in [-0.15, -0.1) is 0 Å². The number of carbonyl (C=O) groups is 2. The van der Waals surface area contributed by atoms with E-state index in [4.69, 9.17) is 4.74 Å². The average Bonchev–Trinajstić information content (AvgIpc) is 3.35. The fourth-order valence-electron chi connectivity index (χ4n) is 3.34. The molecule has 1 aliphatic rings. The fourth-order valence-corrected chi connectivity index (χ4v) is 4.38. The first-order chi connectivity index (χ1) is 15.5. The Morgan fingerprint density at radius 3 is 2.53 bits per heavy atom. The van der Waals surface area contributed by atoms with Gasteiger partial charge in [-0.25, -0.2) is 13.5 Å². The quantitative estimate of drug-likeness (QED) is 0.566. The average molecular weight is 458 g/mol. The molecule has 0 bridgehead atoms. The number of rotatable bonds is 7. The summed E-state index contributed by atoms with van der Waals surface area (Å²) in [4.78, 5) is 25.1. The minimum absolute atomic E-state index is 0.150. The largest absolute Gasteiger partial charge is 0.497 e. The van der Waals surface area contributed by atoms with Crippen LogP contribution in [0.25, 0.3) is 0 Å². The maximum Gasteiger partial charge on any atom is 0.262 e. The molecule has 0 fully saturated rings. The van der Waals surface area contributed by atoms with Crippen molar-refractivity contribution in [2.24, 2.45) is 0 Å². The molecule has 0 spiro atoms. The molecule has 0 saturated carbocycles. The van der Waals surface area contributed by atoms with Crippen molar-refractivity contribution in [2.75, 3.05) is 12.4 Å². The van der Waals surface area contributed by atoms with Gasteiger partial charge in [-0.3, -0.25) is 9.59 Å². The number of ether oxygens (including phenoxy) is 1. The van der Waals surface area contributed by atoms with Crippen LogP contribution in [0.15, 0.2) is 42.5 Å². The molecule has 32 heavy (non-hydrogen) atoms. The topological polar surface area (TPSA) is 85.2 Å². The van der Waals surface area contributed by atoms with Gasteiger partial charge in [0.2, 0.25) is 5.91 Å². The van der Waals surface area contributed by atoms with Crippen molar-refractivity contribution in [1.29, 1.82) is 0 Å². The molecule has 166 valence electrons. The molecule has 2 aromatic carbocycles. The van der Waals surface area contributed by atoms with Crippen molar-refractivity contribution >= 4 is 29.4 Å². The van der Waals surface area contributed by atoms with Crippen LogP contribution in [0.5, 0.6) is 5.75 Å². The van der Waals surface area contributed by atoms with Gasteiger partial charge in [0.25, 0.3) is 5.91 Å². The van der Waals surface area contributed by atoms with Crippen LogP contribution in [0, 0.1) is 11.6 Å². The monoisotopic (exact) mass is 458 g/mol. The zero-order chi connectivity index (χ0) is 22.7. The molecule has 1 aliphatic heterocycles. The van der Waals surface area contributed by atoms with Crippen molar-refractivity contribution < 1.29 is 23.1 Å². The molecule has 1 aromatic heterocycles. The third-order valence-corrected chi connectivity index (χ3v) is 5.95. The minimum atomic E-state index is -0.961. The predicted octanol–water partition coefficient (Wildman–Crippen LogP) is 3.49. The number of fused-ring (bicyclic) bond motifs is 1. The van der Waals surface area contributed by atoms with E-state index in [1.807, 2.05) is 12.1 Å². The summed E-state index contributed by atoms with van der Waals surface area (Å²) in [5, 5.41) is 9.77. The van der Waals surface area contributed by atoms with E-state index in [9.17, 15) is 18.4 Å². The second kappa shape index (κ2) is 9.39. The van der Waals surface area contributed by atoms with Crippen LogP contribution in [0.2, 0.25) is 0 Å². The van der Waals surface area contributed by atoms with Crippen LogP contribution < -0.4 is 15.4 Å². The number of nitrogens with zero attached hydrogens (tertiary/aromatic N) is 2. The molecule has 2 heterocycles. The number of hydrogen-bond acceptors (Lipinski definition) is 5. The Kier molecular flexibility index (Phi) is 6.40. The molecule has 0 saturated heterocycles. The number of aromatic nitrogens is 2. The lowest BCUT2D eigenvalue weighted by molar-refractivity contribution is -0.122. The Morgan fingerprint density at radius 2 is 1.84 bits per heavy atom. The number of carbonyl (C=O) groups excluding carboxylic acids is 2. The van der Waals surface area contributed by atoms with Gasteiger partial charge in [0.15, 0.2) is 0 Å². The third kappa shape index (κ3) is 4.59. The Labute approximate surface area is 187 Å². The van der Waals surface area contributed by atoms with E-state index < -0.39 is 23.1 Å². The lowest BCUT2D eigenvalue weighted by Gasteiger charge is -2.12. The predicted molar refractivity (Wildman–Crippen MR) is 116 cm³/mol. The van der Waals surface area contributed by atoms with Crippen molar-refractivity contribution in [2.45, 2.75) is 24.6 Å². The number of anilines is 1. The first-order valence-electron chi connectivity index (χ1n) is 9.77. The van der Waals surface area contributed by atoms with E-state index in [1.165, 1.54) is 10.7 Å². The molecule has 7 nitrogen and oxygen atoms in total. The molecular formula is C22H20F2N4O3S. The van der Waals surface area contributed by atoms with E-state index in [-0.39, 0.29) is 18.3 Å². The van der Waals surface area contributed by atoms with Gasteiger partial charge in [-0.05, 0) is 29.8 Å². The summed E-state index contributed by atoms with van der Waals surface area (Å²) in [6.45, 7) is 0.158. The second-order valence-electron chi connectivity index (χ2n) is 7.10. The molecule has 2 N–H and O–H groups in total. The summed E-state index contributed by atoms with van der Waals surface area (Å²) in [7, 11) is 1.58. The molecule has 2 amide bonds. The highest BCUT2D eigenvalue weighted by Gasteiger charge is 2.27. The van der Waals surface area contributed by atoms with Crippen molar-refractivity contribution in [3.63, 3.8) is 0 Å². The highest BCUT2D eigenvalue weighted by molar-refractivity contribution is 7.98. The zero-order valence-electron chi connectivity index (χ0n) is 17.2. The lowest BCUT2D eigenvalue weighted by atomic mass is 10.2. The normalized spacial score (nSPS) is 12.3. The Morgan fingerprint density at radius 1 is 1.12 bits per heavy atom. The summed E-state index contributed by atoms with van der Waals surface area (Å²) < 4.78 is 34.5.